The van der Waals surface area contributed by atoms with Crippen molar-refractivity contribution in [3.63, 3.8) is 0 Å². The molecule has 2 aromatic carbocycles. The van der Waals surface area contributed by atoms with E-state index in [1.54, 1.807) is 18.2 Å². The molecule has 1 aliphatic rings. The van der Waals surface area contributed by atoms with E-state index in [-0.39, 0.29) is 18.6 Å². The molecule has 0 aliphatic heterocycles. The summed E-state index contributed by atoms with van der Waals surface area (Å²) in [5, 5.41) is 14.8. The highest BCUT2D eigenvalue weighted by molar-refractivity contribution is 6.32. The molecule has 3 atom stereocenters. The van der Waals surface area contributed by atoms with Gasteiger partial charge < -0.3 is 19.1 Å². The van der Waals surface area contributed by atoms with Gasteiger partial charge in [0, 0.05) is 11.8 Å². The van der Waals surface area contributed by atoms with Crippen molar-refractivity contribution >= 4 is 28.5 Å². The molecule has 0 radical (unpaired) electrons. The average molecular weight is 496 g/mol. The molecule has 0 amide bonds. The molecular weight excluding hydrogens is 466 g/mol. The van der Waals surface area contributed by atoms with Crippen LogP contribution in [0.5, 0.6) is 5.75 Å². The Hall–Kier alpha value is -3.09. The third kappa shape index (κ3) is 5.60. The van der Waals surface area contributed by atoms with Crippen molar-refractivity contribution in [2.24, 2.45) is 0 Å². The lowest BCUT2D eigenvalue weighted by atomic mass is 9.72. The number of aromatic nitrogens is 1. The predicted molar refractivity (Wildman–Crippen MR) is 136 cm³/mol. The van der Waals surface area contributed by atoms with Gasteiger partial charge in [-0.2, -0.15) is 0 Å². The number of nitrogens with zero attached hydrogens (tertiary/aromatic N) is 1. The average Bonchev–Trinajstić information content (AvgIpc) is 3.26. The number of rotatable bonds is 11. The van der Waals surface area contributed by atoms with E-state index in [2.05, 4.69) is 30.3 Å². The summed E-state index contributed by atoms with van der Waals surface area (Å²) in [5.41, 5.74) is 1.88. The van der Waals surface area contributed by atoms with Crippen molar-refractivity contribution < 1.29 is 23.9 Å². The van der Waals surface area contributed by atoms with Crippen molar-refractivity contribution in [3.8, 4) is 5.75 Å². The number of fused-ring (bicyclic) bond motifs is 1. The first-order valence-corrected chi connectivity index (χ1v) is 12.3. The van der Waals surface area contributed by atoms with Gasteiger partial charge in [-0.1, -0.05) is 72.6 Å². The summed E-state index contributed by atoms with van der Waals surface area (Å²) >= 11 is 6.28. The predicted octanol–water partition coefficient (Wildman–Crippen LogP) is 6.52. The first kappa shape index (κ1) is 25.0. The van der Waals surface area contributed by atoms with E-state index in [0.717, 1.165) is 29.5 Å². The van der Waals surface area contributed by atoms with Crippen molar-refractivity contribution in [1.82, 2.24) is 5.16 Å². The molecule has 1 aromatic heterocycles. The van der Waals surface area contributed by atoms with Gasteiger partial charge in [0.15, 0.2) is 5.58 Å². The minimum Gasteiger partial charge on any atom is -0.492 e. The van der Waals surface area contributed by atoms with E-state index in [0.29, 0.717) is 29.4 Å². The molecule has 3 unspecified atom stereocenters. The van der Waals surface area contributed by atoms with Gasteiger partial charge >= 0.3 is 5.97 Å². The number of benzene rings is 2. The fourth-order valence-electron chi connectivity index (χ4n) is 4.62. The number of hydrogen-bond donors (Lipinski definition) is 1. The summed E-state index contributed by atoms with van der Waals surface area (Å²) in [5.74, 6) is -0.368. The maximum Gasteiger partial charge on any atom is 0.307 e. The van der Waals surface area contributed by atoms with Crippen LogP contribution < -0.4 is 4.74 Å². The number of carboxylic acids is 1. The number of allylic oxidation sites excluding steroid dienone is 2. The third-order valence-electron chi connectivity index (χ3n) is 6.29. The molecule has 35 heavy (non-hydrogen) atoms. The standard InChI is InChI=1S/C28H30ClNO5/c1-3-14-28(27-21-8-4-5-9-23(21)35-30-27)15-7-6-10-25(28)34-19(2)13-16-33-24-12-11-20(17-22(24)29)18-26(31)32/h4-12,15,17,19,25H,3,13-14,16,18H2,1-2H3,(H,31,32). The SMILES string of the molecule is CCCC1(c2noc3ccccc23)C=CC=CC1OC(C)CCOc1ccc(CC(=O)O)cc1Cl. The molecule has 1 N–H and O–H groups in total. The van der Waals surface area contributed by atoms with Crippen molar-refractivity contribution in [3.05, 3.63) is 83.0 Å². The van der Waals surface area contributed by atoms with E-state index < -0.39 is 11.4 Å². The van der Waals surface area contributed by atoms with Crippen LogP contribution in [0.15, 0.2) is 71.3 Å². The Kier molecular flexibility index (Phi) is 7.93. The molecule has 0 fully saturated rings. The highest BCUT2D eigenvalue weighted by Crippen LogP contribution is 2.42. The van der Waals surface area contributed by atoms with Gasteiger partial charge in [-0.25, -0.2) is 0 Å². The van der Waals surface area contributed by atoms with Gasteiger partial charge in [0.25, 0.3) is 0 Å². The van der Waals surface area contributed by atoms with Crippen LogP contribution in [0.3, 0.4) is 0 Å². The Morgan fingerprint density at radius 3 is 2.86 bits per heavy atom. The Labute approximate surface area is 210 Å². The maximum absolute atomic E-state index is 10.9. The monoisotopic (exact) mass is 495 g/mol. The molecule has 0 bridgehead atoms. The van der Waals surface area contributed by atoms with Gasteiger partial charge in [-0.15, -0.1) is 0 Å². The highest BCUT2D eigenvalue weighted by atomic mass is 35.5. The molecular formula is C28H30ClNO5. The molecule has 3 aromatic rings. The summed E-state index contributed by atoms with van der Waals surface area (Å²) in [6.45, 7) is 4.61. The van der Waals surface area contributed by atoms with Crippen LogP contribution in [0, 0.1) is 0 Å². The van der Waals surface area contributed by atoms with Crippen molar-refractivity contribution in [2.45, 2.75) is 57.2 Å². The van der Waals surface area contributed by atoms with E-state index >= 15 is 0 Å². The Morgan fingerprint density at radius 1 is 1.26 bits per heavy atom. The van der Waals surface area contributed by atoms with Crippen LogP contribution in [-0.4, -0.2) is 35.0 Å². The fraction of sp³-hybridized carbons (Fsp3) is 0.357. The lowest BCUT2D eigenvalue weighted by Gasteiger charge is -2.38. The smallest absolute Gasteiger partial charge is 0.307 e. The molecule has 4 rings (SSSR count). The zero-order valence-corrected chi connectivity index (χ0v) is 20.7. The normalized spacial score (nSPS) is 20.3. The maximum atomic E-state index is 10.9. The Balaban J connectivity index is 1.44. The van der Waals surface area contributed by atoms with Crippen LogP contribution in [0.1, 0.15) is 44.4 Å². The zero-order chi connectivity index (χ0) is 24.8. The summed E-state index contributed by atoms with van der Waals surface area (Å²) in [6.07, 6.45) is 10.5. The third-order valence-corrected chi connectivity index (χ3v) is 6.59. The first-order chi connectivity index (χ1) is 16.9. The largest absolute Gasteiger partial charge is 0.492 e. The Bertz CT molecular complexity index is 1230. The molecule has 6 nitrogen and oxygen atoms in total. The van der Waals surface area contributed by atoms with Crippen molar-refractivity contribution in [2.75, 3.05) is 6.61 Å². The number of carbonyl (C=O) groups is 1. The van der Waals surface area contributed by atoms with E-state index in [4.69, 9.17) is 30.7 Å². The number of carboxylic acid groups (broad SMARTS) is 1. The topological polar surface area (TPSA) is 81.8 Å². The molecule has 0 saturated carbocycles. The minimum atomic E-state index is -0.898. The molecule has 0 spiro atoms. The highest BCUT2D eigenvalue weighted by Gasteiger charge is 2.42. The van der Waals surface area contributed by atoms with Gasteiger partial charge in [-0.05, 0) is 43.2 Å². The van der Waals surface area contributed by atoms with E-state index in [9.17, 15) is 4.79 Å². The zero-order valence-electron chi connectivity index (χ0n) is 19.9. The summed E-state index contributed by atoms with van der Waals surface area (Å²) in [7, 11) is 0. The van der Waals surface area contributed by atoms with Crippen LogP contribution >= 0.6 is 11.6 Å². The number of hydrogen-bond acceptors (Lipinski definition) is 5. The summed E-state index contributed by atoms with van der Waals surface area (Å²) in [4.78, 5) is 10.9. The summed E-state index contributed by atoms with van der Waals surface area (Å²) < 4.78 is 18.1. The molecule has 1 aliphatic carbocycles. The second kappa shape index (κ2) is 11.1. The lowest BCUT2D eigenvalue weighted by molar-refractivity contribution is -0.136. The van der Waals surface area contributed by atoms with Crippen LogP contribution in [0.2, 0.25) is 5.02 Å². The van der Waals surface area contributed by atoms with Gasteiger partial charge in [0.1, 0.15) is 11.4 Å². The molecule has 0 saturated heterocycles. The van der Waals surface area contributed by atoms with Gasteiger partial charge in [0.2, 0.25) is 0 Å². The number of para-hydroxylation sites is 1. The van der Waals surface area contributed by atoms with Crippen LogP contribution in [0.4, 0.5) is 0 Å². The number of halogens is 1. The van der Waals surface area contributed by atoms with Crippen molar-refractivity contribution in [1.29, 1.82) is 0 Å². The first-order valence-electron chi connectivity index (χ1n) is 11.9. The second-order valence-electron chi connectivity index (χ2n) is 8.90. The summed E-state index contributed by atoms with van der Waals surface area (Å²) in [6, 6.07) is 13.0. The lowest BCUT2D eigenvalue weighted by Crippen LogP contribution is -2.42. The van der Waals surface area contributed by atoms with E-state index in [1.807, 2.05) is 37.3 Å². The van der Waals surface area contributed by atoms with Gasteiger partial charge in [0.05, 0.1) is 35.7 Å². The fourth-order valence-corrected chi connectivity index (χ4v) is 4.88. The number of aliphatic carboxylic acids is 1. The number of ether oxygens (including phenoxy) is 2. The molecule has 1 heterocycles. The van der Waals surface area contributed by atoms with Gasteiger partial charge in [-0.3, -0.25) is 4.79 Å². The van der Waals surface area contributed by atoms with E-state index in [1.165, 1.54) is 0 Å². The molecule has 7 heteroatoms. The minimum absolute atomic E-state index is 0.0749. The van der Waals surface area contributed by atoms with Crippen LogP contribution in [-0.2, 0) is 21.4 Å². The second-order valence-corrected chi connectivity index (χ2v) is 9.31. The Morgan fingerprint density at radius 2 is 2.09 bits per heavy atom. The van der Waals surface area contributed by atoms with Crippen LogP contribution in [0.25, 0.3) is 11.0 Å². The quantitative estimate of drug-likeness (QED) is 0.326. The molecule has 184 valence electrons.